The van der Waals surface area contributed by atoms with Gasteiger partial charge in [-0.3, -0.25) is 0 Å². The zero-order valence-electron chi connectivity index (χ0n) is 19.6. The third-order valence-electron chi connectivity index (χ3n) is 6.87. The first-order valence-corrected chi connectivity index (χ1v) is 12.2. The number of rotatable bonds is 3. The molecule has 0 atom stereocenters. The number of hydrogen-bond acceptors (Lipinski definition) is 2. The van der Waals surface area contributed by atoms with Gasteiger partial charge >= 0.3 is 0 Å². The van der Waals surface area contributed by atoms with Crippen LogP contribution in [-0.4, -0.2) is 9.97 Å². The first-order valence-electron chi connectivity index (χ1n) is 12.2. The first-order chi connectivity index (χ1) is 17.9. The molecule has 0 N–H and O–H groups in total. The summed E-state index contributed by atoms with van der Waals surface area (Å²) in [4.78, 5) is 10.5. The summed E-state index contributed by atoms with van der Waals surface area (Å²) in [5.41, 5.74) is 6.43. The normalized spacial score (nSPS) is 11.3. The first kappa shape index (κ1) is 20.5. The van der Waals surface area contributed by atoms with E-state index in [4.69, 9.17) is 9.97 Å². The van der Waals surface area contributed by atoms with E-state index in [1.807, 2.05) is 6.07 Å². The summed E-state index contributed by atoms with van der Waals surface area (Å²) in [7, 11) is 0. The smallest absolute Gasteiger partial charge is 0.161 e. The van der Waals surface area contributed by atoms with Gasteiger partial charge in [0.15, 0.2) is 5.82 Å². The summed E-state index contributed by atoms with van der Waals surface area (Å²) in [5, 5.41) is 5.73. The molecule has 0 amide bonds. The molecule has 0 aliphatic rings. The predicted octanol–water partition coefficient (Wildman–Crippen LogP) is 8.94. The molecule has 1 aromatic heterocycles. The molecule has 7 aromatic rings. The number of fused-ring (bicyclic) bond motifs is 4. The fourth-order valence-electron chi connectivity index (χ4n) is 5.17. The molecule has 2 nitrogen and oxygen atoms in total. The van der Waals surface area contributed by atoms with E-state index < -0.39 is 0 Å². The molecule has 0 fully saturated rings. The molecule has 0 aliphatic heterocycles. The van der Waals surface area contributed by atoms with Crippen LogP contribution in [0.25, 0.3) is 66.2 Å². The lowest BCUT2D eigenvalue weighted by atomic mass is 9.93. The minimum Gasteiger partial charge on any atom is -0.227 e. The van der Waals surface area contributed by atoms with Gasteiger partial charge in [0.2, 0.25) is 0 Å². The highest BCUT2D eigenvalue weighted by Crippen LogP contribution is 2.39. The molecule has 1 heterocycles. The Hall–Kier alpha value is -4.82. The van der Waals surface area contributed by atoms with Crippen LogP contribution in [0.5, 0.6) is 0 Å². The fourth-order valence-corrected chi connectivity index (χ4v) is 5.17. The maximum absolute atomic E-state index is 5.23. The molecule has 0 saturated heterocycles. The van der Waals surface area contributed by atoms with E-state index >= 15 is 0 Å². The summed E-state index contributed by atoms with van der Waals surface area (Å²) in [6.07, 6.45) is 0. The van der Waals surface area contributed by atoms with Crippen molar-refractivity contribution in [2.45, 2.75) is 0 Å². The van der Waals surface area contributed by atoms with Crippen molar-refractivity contribution < 1.29 is 0 Å². The lowest BCUT2D eigenvalue weighted by Gasteiger charge is -2.15. The molecular weight excluding hydrogens is 436 g/mol. The summed E-state index contributed by atoms with van der Waals surface area (Å²) in [6.45, 7) is 0. The topological polar surface area (TPSA) is 25.8 Å². The number of benzene rings is 6. The minimum absolute atomic E-state index is 0.746. The lowest BCUT2D eigenvalue weighted by molar-refractivity contribution is 1.24. The quantitative estimate of drug-likeness (QED) is 0.247. The Morgan fingerprint density at radius 3 is 1.78 bits per heavy atom. The van der Waals surface area contributed by atoms with Crippen molar-refractivity contribution in [2.75, 3.05) is 0 Å². The summed E-state index contributed by atoms with van der Waals surface area (Å²) < 4.78 is 0. The van der Waals surface area contributed by atoms with Gasteiger partial charge in [0.05, 0.1) is 11.2 Å². The van der Waals surface area contributed by atoms with Crippen molar-refractivity contribution in [2.24, 2.45) is 0 Å². The van der Waals surface area contributed by atoms with Crippen molar-refractivity contribution >= 4 is 32.4 Å². The highest BCUT2D eigenvalue weighted by atomic mass is 14.9. The van der Waals surface area contributed by atoms with Crippen LogP contribution in [0.1, 0.15) is 0 Å². The predicted molar refractivity (Wildman–Crippen MR) is 151 cm³/mol. The molecule has 0 aliphatic carbocycles. The largest absolute Gasteiger partial charge is 0.227 e. The van der Waals surface area contributed by atoms with Gasteiger partial charge in [-0.15, -0.1) is 0 Å². The minimum atomic E-state index is 0.746. The van der Waals surface area contributed by atoms with Crippen LogP contribution in [0.3, 0.4) is 0 Å². The van der Waals surface area contributed by atoms with Gasteiger partial charge < -0.3 is 0 Å². The molecule has 0 unspecified atom stereocenters. The summed E-state index contributed by atoms with van der Waals surface area (Å²) in [6, 6.07) is 46.6. The maximum Gasteiger partial charge on any atom is 0.161 e. The van der Waals surface area contributed by atoms with Crippen LogP contribution in [0.4, 0.5) is 0 Å². The van der Waals surface area contributed by atoms with Crippen molar-refractivity contribution in [3.8, 4) is 33.8 Å². The van der Waals surface area contributed by atoms with Gasteiger partial charge in [-0.25, -0.2) is 9.97 Å². The summed E-state index contributed by atoms with van der Waals surface area (Å²) in [5.74, 6) is 0.746. The van der Waals surface area contributed by atoms with E-state index in [9.17, 15) is 0 Å². The number of nitrogens with zero attached hydrogens (tertiary/aromatic N) is 2. The molecule has 2 heteroatoms. The Balaban J connectivity index is 1.63. The van der Waals surface area contributed by atoms with Crippen molar-refractivity contribution in [1.29, 1.82) is 0 Å². The van der Waals surface area contributed by atoms with Crippen LogP contribution in [0.15, 0.2) is 133 Å². The molecule has 0 bridgehead atoms. The molecule has 0 saturated carbocycles. The molecule has 0 radical (unpaired) electrons. The number of hydrogen-bond donors (Lipinski definition) is 0. The van der Waals surface area contributed by atoms with Crippen LogP contribution in [-0.2, 0) is 0 Å². The van der Waals surface area contributed by atoms with E-state index in [-0.39, 0.29) is 0 Å². The second-order valence-electron chi connectivity index (χ2n) is 9.02. The van der Waals surface area contributed by atoms with Gasteiger partial charge in [0.1, 0.15) is 0 Å². The van der Waals surface area contributed by atoms with Gasteiger partial charge in [-0.05, 0) is 33.4 Å². The molecule has 0 spiro atoms. The Morgan fingerprint density at radius 2 is 1.00 bits per heavy atom. The average Bonchev–Trinajstić information content (AvgIpc) is 2.97. The zero-order valence-corrected chi connectivity index (χ0v) is 19.6. The van der Waals surface area contributed by atoms with E-state index in [0.717, 1.165) is 44.3 Å². The fraction of sp³-hybridized carbons (Fsp3) is 0. The van der Waals surface area contributed by atoms with Gasteiger partial charge in [-0.2, -0.15) is 0 Å². The summed E-state index contributed by atoms with van der Waals surface area (Å²) >= 11 is 0. The monoisotopic (exact) mass is 458 g/mol. The molecular formula is C34H22N2. The SMILES string of the molecule is c1ccc(-c2cc3c(-c4ccccc4)nc(-c4cccc5ccccc45)nc3c3ccccc23)cc1. The van der Waals surface area contributed by atoms with Crippen LogP contribution < -0.4 is 0 Å². The van der Waals surface area contributed by atoms with Gasteiger partial charge in [0, 0.05) is 21.9 Å². The second-order valence-corrected chi connectivity index (χ2v) is 9.02. The Morgan fingerprint density at radius 1 is 0.389 bits per heavy atom. The lowest BCUT2D eigenvalue weighted by Crippen LogP contribution is -1.97. The van der Waals surface area contributed by atoms with Crippen LogP contribution in [0, 0.1) is 0 Å². The van der Waals surface area contributed by atoms with E-state index in [1.165, 1.54) is 21.9 Å². The van der Waals surface area contributed by atoms with Gasteiger partial charge in [-0.1, -0.05) is 127 Å². The van der Waals surface area contributed by atoms with Gasteiger partial charge in [0.25, 0.3) is 0 Å². The maximum atomic E-state index is 5.23. The number of aromatic nitrogens is 2. The Bertz CT molecular complexity index is 1870. The Labute approximate surface area is 209 Å². The van der Waals surface area contributed by atoms with Crippen molar-refractivity contribution in [3.63, 3.8) is 0 Å². The van der Waals surface area contributed by atoms with E-state index in [1.54, 1.807) is 0 Å². The molecule has 6 aromatic carbocycles. The molecule has 7 rings (SSSR count). The molecule has 36 heavy (non-hydrogen) atoms. The standard InChI is InChI=1S/C34H22N2/c1-3-12-24(13-4-1)30-22-31-32(25-15-5-2-6-16-25)35-34(36-33(31)28-20-10-9-19-27(28)30)29-21-11-17-23-14-7-8-18-26(23)29/h1-22H. The third-order valence-corrected chi connectivity index (χ3v) is 6.87. The Kier molecular flexibility index (Phi) is 4.82. The third kappa shape index (κ3) is 3.35. The zero-order chi connectivity index (χ0) is 23.9. The average molecular weight is 459 g/mol. The highest BCUT2D eigenvalue weighted by Gasteiger charge is 2.17. The highest BCUT2D eigenvalue weighted by molar-refractivity contribution is 6.15. The van der Waals surface area contributed by atoms with Crippen LogP contribution in [0.2, 0.25) is 0 Å². The van der Waals surface area contributed by atoms with E-state index in [2.05, 4.69) is 127 Å². The van der Waals surface area contributed by atoms with Crippen molar-refractivity contribution in [3.05, 3.63) is 133 Å². The second kappa shape index (κ2) is 8.44. The van der Waals surface area contributed by atoms with Crippen LogP contribution >= 0.6 is 0 Å². The van der Waals surface area contributed by atoms with Crippen molar-refractivity contribution in [1.82, 2.24) is 9.97 Å². The molecule has 168 valence electrons. The van der Waals surface area contributed by atoms with E-state index in [0.29, 0.717) is 0 Å².